The van der Waals surface area contributed by atoms with Gasteiger partial charge in [-0.3, -0.25) is 0 Å². The summed E-state index contributed by atoms with van der Waals surface area (Å²) in [7, 11) is 0. The Bertz CT molecular complexity index is 560. The van der Waals surface area contributed by atoms with Crippen LogP contribution in [0.1, 0.15) is 5.56 Å². The zero-order chi connectivity index (χ0) is 12.4. The molecule has 17 heavy (non-hydrogen) atoms. The molecular weight excluding hydrogens is 325 g/mol. The molecule has 0 spiro atoms. The molecule has 0 atom stereocenters. The number of anilines is 2. The van der Waals surface area contributed by atoms with Crippen LogP contribution in [-0.2, 0) is 0 Å². The lowest BCUT2D eigenvalue weighted by molar-refractivity contribution is 1.03. The highest BCUT2D eigenvalue weighted by Crippen LogP contribution is 2.27. The van der Waals surface area contributed by atoms with Gasteiger partial charge in [0.2, 0.25) is 0 Å². The third-order valence-corrected chi connectivity index (χ3v) is 3.51. The quantitative estimate of drug-likeness (QED) is 0.873. The van der Waals surface area contributed by atoms with Gasteiger partial charge in [-0.05, 0) is 30.7 Å². The van der Waals surface area contributed by atoms with E-state index >= 15 is 0 Å². The highest BCUT2D eigenvalue weighted by molar-refractivity contribution is 9.10. The monoisotopic (exact) mass is 331 g/mol. The van der Waals surface area contributed by atoms with Gasteiger partial charge in [0.1, 0.15) is 0 Å². The first-order valence-corrected chi connectivity index (χ1v) is 6.33. The lowest BCUT2D eigenvalue weighted by Gasteiger charge is -2.09. The molecule has 6 heteroatoms. The minimum Gasteiger partial charge on any atom is -0.353 e. The smallest absolute Gasteiger partial charge is 0.175 e. The molecular formula is C11H8BrCl2N3. The normalized spacial score (nSPS) is 10.4. The summed E-state index contributed by atoms with van der Waals surface area (Å²) in [6, 6.07) is 7.52. The Morgan fingerprint density at radius 3 is 2.65 bits per heavy atom. The molecule has 0 fully saturated rings. The minimum absolute atomic E-state index is 0.287. The topological polar surface area (TPSA) is 37.8 Å². The summed E-state index contributed by atoms with van der Waals surface area (Å²) < 4.78 is 1.06. The van der Waals surface area contributed by atoms with Gasteiger partial charge in [0.15, 0.2) is 10.3 Å². The molecule has 0 saturated carbocycles. The zero-order valence-corrected chi connectivity index (χ0v) is 11.9. The number of benzene rings is 1. The summed E-state index contributed by atoms with van der Waals surface area (Å²) in [5.41, 5.74) is 2.67. The molecule has 0 unspecified atom stereocenters. The number of hydrogen-bond acceptors (Lipinski definition) is 3. The number of halogens is 3. The molecule has 0 bridgehead atoms. The van der Waals surface area contributed by atoms with Gasteiger partial charge in [-0.25, -0.2) is 0 Å². The molecule has 1 N–H and O–H groups in total. The van der Waals surface area contributed by atoms with Crippen molar-refractivity contribution in [1.29, 1.82) is 0 Å². The first kappa shape index (κ1) is 12.6. The van der Waals surface area contributed by atoms with E-state index in [0.717, 1.165) is 15.7 Å². The summed E-state index contributed by atoms with van der Waals surface area (Å²) >= 11 is 15.1. The summed E-state index contributed by atoms with van der Waals surface area (Å²) in [4.78, 5) is 0. The second-order valence-electron chi connectivity index (χ2n) is 3.46. The number of aryl methyl sites for hydroxylation is 1. The van der Waals surface area contributed by atoms with E-state index in [9.17, 15) is 0 Å². The summed E-state index contributed by atoms with van der Waals surface area (Å²) in [5, 5.41) is 11.1. The van der Waals surface area contributed by atoms with Crippen molar-refractivity contribution >= 4 is 50.5 Å². The molecule has 0 aliphatic carbocycles. The van der Waals surface area contributed by atoms with Gasteiger partial charge >= 0.3 is 0 Å². The van der Waals surface area contributed by atoms with E-state index in [1.165, 1.54) is 0 Å². The highest BCUT2D eigenvalue weighted by Gasteiger charge is 2.05. The standard InChI is InChI=1S/C11H8BrCl2N3/c1-6-4-7(2-3-8(6)12)15-9-5-10(13)16-17-11(9)14/h2-5H,1H3,(H,15,16). The Balaban J connectivity index is 2.31. The van der Waals surface area contributed by atoms with Gasteiger partial charge in [-0.1, -0.05) is 39.1 Å². The minimum atomic E-state index is 0.287. The van der Waals surface area contributed by atoms with Crippen LogP contribution in [0.4, 0.5) is 11.4 Å². The van der Waals surface area contributed by atoms with Gasteiger partial charge < -0.3 is 5.32 Å². The Hall–Kier alpha value is -0.840. The van der Waals surface area contributed by atoms with Gasteiger partial charge in [0.25, 0.3) is 0 Å². The average Bonchev–Trinajstić information content (AvgIpc) is 2.29. The molecule has 1 aromatic carbocycles. The van der Waals surface area contributed by atoms with Crippen LogP contribution in [0.3, 0.4) is 0 Å². The summed E-state index contributed by atoms with van der Waals surface area (Å²) in [5.74, 6) is 0. The van der Waals surface area contributed by atoms with Crippen LogP contribution >= 0.6 is 39.1 Å². The first-order valence-electron chi connectivity index (χ1n) is 4.78. The highest BCUT2D eigenvalue weighted by atomic mass is 79.9. The van der Waals surface area contributed by atoms with Crippen LogP contribution in [0, 0.1) is 6.92 Å². The summed E-state index contributed by atoms with van der Waals surface area (Å²) in [6.07, 6.45) is 0. The molecule has 0 aliphatic heterocycles. The van der Waals surface area contributed by atoms with Crippen LogP contribution in [0.15, 0.2) is 28.7 Å². The fraction of sp³-hybridized carbons (Fsp3) is 0.0909. The second kappa shape index (κ2) is 5.21. The van der Waals surface area contributed by atoms with Gasteiger partial charge in [0, 0.05) is 16.2 Å². The lowest BCUT2D eigenvalue weighted by atomic mass is 10.2. The SMILES string of the molecule is Cc1cc(Nc2cc(Cl)nnc2Cl)ccc1Br. The molecule has 1 aromatic heterocycles. The molecule has 1 heterocycles. The predicted octanol–water partition coefficient (Wildman–Crippen LogP) is 4.60. The largest absolute Gasteiger partial charge is 0.353 e. The fourth-order valence-electron chi connectivity index (χ4n) is 1.32. The Morgan fingerprint density at radius 2 is 1.94 bits per heavy atom. The van der Waals surface area contributed by atoms with Crippen LogP contribution in [0.2, 0.25) is 10.3 Å². The predicted molar refractivity (Wildman–Crippen MR) is 74.2 cm³/mol. The van der Waals surface area contributed by atoms with Crippen molar-refractivity contribution in [2.24, 2.45) is 0 Å². The van der Waals surface area contributed by atoms with Crippen molar-refractivity contribution < 1.29 is 0 Å². The number of nitrogens with zero attached hydrogens (tertiary/aromatic N) is 2. The van der Waals surface area contributed by atoms with Crippen molar-refractivity contribution in [1.82, 2.24) is 10.2 Å². The zero-order valence-electron chi connectivity index (χ0n) is 8.84. The maximum absolute atomic E-state index is 5.91. The van der Waals surface area contributed by atoms with E-state index in [4.69, 9.17) is 23.2 Å². The van der Waals surface area contributed by atoms with Crippen molar-refractivity contribution in [3.8, 4) is 0 Å². The Morgan fingerprint density at radius 1 is 1.18 bits per heavy atom. The van der Waals surface area contributed by atoms with Crippen LogP contribution < -0.4 is 5.32 Å². The molecule has 0 radical (unpaired) electrons. The lowest BCUT2D eigenvalue weighted by Crippen LogP contribution is -1.95. The maximum Gasteiger partial charge on any atom is 0.175 e. The van der Waals surface area contributed by atoms with E-state index in [-0.39, 0.29) is 5.15 Å². The van der Waals surface area contributed by atoms with Crippen molar-refractivity contribution in [2.45, 2.75) is 6.92 Å². The molecule has 2 rings (SSSR count). The van der Waals surface area contributed by atoms with Gasteiger partial charge in [-0.15, -0.1) is 10.2 Å². The number of hydrogen-bond donors (Lipinski definition) is 1. The van der Waals surface area contributed by atoms with Crippen LogP contribution in [0.5, 0.6) is 0 Å². The first-order chi connectivity index (χ1) is 8.06. The van der Waals surface area contributed by atoms with Crippen molar-refractivity contribution in [3.63, 3.8) is 0 Å². The van der Waals surface area contributed by atoms with Crippen molar-refractivity contribution in [2.75, 3.05) is 5.32 Å². The van der Waals surface area contributed by atoms with E-state index in [1.54, 1.807) is 6.07 Å². The molecule has 0 saturated heterocycles. The fourth-order valence-corrected chi connectivity index (χ4v) is 1.85. The third kappa shape index (κ3) is 3.09. The van der Waals surface area contributed by atoms with Crippen molar-refractivity contribution in [3.05, 3.63) is 44.6 Å². The Kier molecular flexibility index (Phi) is 3.86. The number of rotatable bonds is 2. The molecule has 88 valence electrons. The Labute approximate surface area is 117 Å². The molecule has 2 aromatic rings. The molecule has 3 nitrogen and oxygen atoms in total. The van der Waals surface area contributed by atoms with Crippen LogP contribution in [0.25, 0.3) is 0 Å². The average molecular weight is 333 g/mol. The summed E-state index contributed by atoms with van der Waals surface area (Å²) in [6.45, 7) is 2.01. The van der Waals surface area contributed by atoms with E-state index in [0.29, 0.717) is 10.8 Å². The van der Waals surface area contributed by atoms with Gasteiger partial charge in [-0.2, -0.15) is 0 Å². The molecule has 0 amide bonds. The molecule has 0 aliphatic rings. The van der Waals surface area contributed by atoms with Gasteiger partial charge in [0.05, 0.1) is 5.69 Å². The third-order valence-electron chi connectivity index (χ3n) is 2.16. The van der Waals surface area contributed by atoms with Crippen LogP contribution in [-0.4, -0.2) is 10.2 Å². The van der Waals surface area contributed by atoms with E-state index in [1.807, 2.05) is 25.1 Å². The maximum atomic E-state index is 5.91. The number of nitrogens with one attached hydrogen (secondary N) is 1. The van der Waals surface area contributed by atoms with E-state index in [2.05, 4.69) is 31.4 Å². The van der Waals surface area contributed by atoms with E-state index < -0.39 is 0 Å². The number of aromatic nitrogens is 2. The second-order valence-corrected chi connectivity index (χ2v) is 5.06.